The highest BCUT2D eigenvalue weighted by atomic mass is 16.7. The first-order chi connectivity index (χ1) is 11.5. The number of carbonyl (C=O) groups excluding carboxylic acids is 3. The molecule has 0 aliphatic carbocycles. The van der Waals surface area contributed by atoms with Gasteiger partial charge >= 0.3 is 5.97 Å². The Balaban J connectivity index is 1.60. The molecule has 0 spiro atoms. The maximum atomic E-state index is 12.2. The molecule has 6 heteroatoms. The van der Waals surface area contributed by atoms with E-state index in [0.717, 1.165) is 12.8 Å². The van der Waals surface area contributed by atoms with Gasteiger partial charge in [0.25, 0.3) is 11.8 Å². The lowest BCUT2D eigenvalue weighted by atomic mass is 9.88. The summed E-state index contributed by atoms with van der Waals surface area (Å²) in [5.74, 6) is -1.19. The average molecular weight is 331 g/mol. The molecule has 0 aromatic heterocycles. The molecule has 3 rings (SSSR count). The van der Waals surface area contributed by atoms with Crippen LogP contribution in [0.25, 0.3) is 0 Å². The summed E-state index contributed by atoms with van der Waals surface area (Å²) in [7, 11) is 0. The molecule has 0 saturated carbocycles. The van der Waals surface area contributed by atoms with Crippen molar-refractivity contribution >= 4 is 17.8 Å². The maximum absolute atomic E-state index is 12.2. The molecule has 2 amide bonds. The van der Waals surface area contributed by atoms with Crippen LogP contribution in [0, 0.1) is 11.8 Å². The smallest absolute Gasteiger partial charge is 0.333 e. The summed E-state index contributed by atoms with van der Waals surface area (Å²) < 4.78 is 5.69. The number of carbonyl (C=O) groups is 3. The van der Waals surface area contributed by atoms with E-state index in [2.05, 4.69) is 13.8 Å². The molecule has 1 saturated heterocycles. The number of hydrogen-bond donors (Lipinski definition) is 0. The minimum atomic E-state index is -0.587. The number of imide groups is 1. The van der Waals surface area contributed by atoms with Gasteiger partial charge < -0.3 is 9.57 Å². The van der Waals surface area contributed by atoms with Gasteiger partial charge in [0.05, 0.1) is 23.7 Å². The molecule has 2 atom stereocenters. The largest absolute Gasteiger partial charge is 0.378 e. The number of rotatable bonds is 4. The molecule has 2 unspecified atom stereocenters. The second kappa shape index (κ2) is 6.73. The topological polar surface area (TPSA) is 72.9 Å². The van der Waals surface area contributed by atoms with Crippen molar-refractivity contribution in [1.82, 2.24) is 5.06 Å². The zero-order valence-electron chi connectivity index (χ0n) is 13.9. The summed E-state index contributed by atoms with van der Waals surface area (Å²) in [6, 6.07) is 6.44. The van der Waals surface area contributed by atoms with Crippen molar-refractivity contribution in [2.24, 2.45) is 11.8 Å². The number of fused-ring (bicyclic) bond motifs is 1. The molecule has 1 aromatic carbocycles. The Hall–Kier alpha value is -2.21. The molecule has 128 valence electrons. The van der Waals surface area contributed by atoms with Gasteiger partial charge in [0.2, 0.25) is 0 Å². The van der Waals surface area contributed by atoms with Gasteiger partial charge in [-0.1, -0.05) is 31.0 Å². The van der Waals surface area contributed by atoms with Gasteiger partial charge in [0.1, 0.15) is 0 Å². The zero-order valence-corrected chi connectivity index (χ0v) is 13.9. The highest BCUT2D eigenvalue weighted by Crippen LogP contribution is 2.28. The third-order valence-electron chi connectivity index (χ3n) is 4.57. The van der Waals surface area contributed by atoms with Gasteiger partial charge in [-0.3, -0.25) is 9.59 Å². The predicted octanol–water partition coefficient (Wildman–Crippen LogP) is 2.58. The van der Waals surface area contributed by atoms with Gasteiger partial charge in [-0.25, -0.2) is 4.79 Å². The number of benzene rings is 1. The Kier molecular flexibility index (Phi) is 4.66. The van der Waals surface area contributed by atoms with E-state index in [9.17, 15) is 14.4 Å². The standard InChI is InChI=1S/C18H21NO5/c1-11(2)15-9-12(7-8-23-15)10-16(20)24-19-17(21)13-5-3-4-6-14(13)18(19)22/h3-6,11-12,15H,7-10H2,1-2H3. The Morgan fingerprint density at radius 2 is 1.88 bits per heavy atom. The Morgan fingerprint density at radius 3 is 2.46 bits per heavy atom. The number of hydroxylamine groups is 2. The van der Waals surface area contributed by atoms with E-state index in [1.165, 1.54) is 0 Å². The summed E-state index contributed by atoms with van der Waals surface area (Å²) in [4.78, 5) is 41.6. The third kappa shape index (κ3) is 3.19. The van der Waals surface area contributed by atoms with Crippen molar-refractivity contribution in [3.63, 3.8) is 0 Å². The van der Waals surface area contributed by atoms with Crippen molar-refractivity contribution in [3.05, 3.63) is 35.4 Å². The normalized spacial score (nSPS) is 23.5. The van der Waals surface area contributed by atoms with E-state index in [0.29, 0.717) is 17.6 Å². The molecule has 2 aliphatic heterocycles. The van der Waals surface area contributed by atoms with Crippen LogP contribution in [0.3, 0.4) is 0 Å². The molecule has 24 heavy (non-hydrogen) atoms. The molecular weight excluding hydrogens is 310 g/mol. The van der Waals surface area contributed by atoms with Crippen LogP contribution >= 0.6 is 0 Å². The van der Waals surface area contributed by atoms with Crippen LogP contribution in [-0.4, -0.2) is 35.6 Å². The van der Waals surface area contributed by atoms with Crippen molar-refractivity contribution in [1.29, 1.82) is 0 Å². The van der Waals surface area contributed by atoms with Crippen LogP contribution in [0.2, 0.25) is 0 Å². The first kappa shape index (κ1) is 16.6. The SMILES string of the molecule is CC(C)C1CC(CC(=O)ON2C(=O)c3ccccc3C2=O)CCO1. The fourth-order valence-corrected chi connectivity index (χ4v) is 3.18. The second-order valence-corrected chi connectivity index (χ2v) is 6.66. The van der Waals surface area contributed by atoms with Gasteiger partial charge in [-0.05, 0) is 36.8 Å². The van der Waals surface area contributed by atoms with Crippen LogP contribution in [0.1, 0.15) is 53.8 Å². The van der Waals surface area contributed by atoms with Crippen molar-refractivity contribution in [2.75, 3.05) is 6.61 Å². The van der Waals surface area contributed by atoms with Crippen LogP contribution in [0.15, 0.2) is 24.3 Å². The summed E-state index contributed by atoms with van der Waals surface area (Å²) in [5.41, 5.74) is 0.530. The number of ether oxygens (including phenoxy) is 1. The first-order valence-corrected chi connectivity index (χ1v) is 8.27. The highest BCUT2D eigenvalue weighted by molar-refractivity contribution is 6.20. The molecule has 0 N–H and O–H groups in total. The first-order valence-electron chi connectivity index (χ1n) is 8.27. The van der Waals surface area contributed by atoms with Gasteiger partial charge in [-0.15, -0.1) is 0 Å². The van der Waals surface area contributed by atoms with Crippen molar-refractivity contribution < 1.29 is 24.0 Å². The van der Waals surface area contributed by atoms with E-state index in [-0.39, 0.29) is 29.6 Å². The van der Waals surface area contributed by atoms with E-state index in [1.54, 1.807) is 24.3 Å². The Labute approximate surface area is 140 Å². The van der Waals surface area contributed by atoms with Gasteiger partial charge in [0, 0.05) is 6.61 Å². The third-order valence-corrected chi connectivity index (χ3v) is 4.57. The number of nitrogens with zero attached hydrogens (tertiary/aromatic N) is 1. The lowest BCUT2D eigenvalue weighted by Gasteiger charge is -2.31. The lowest BCUT2D eigenvalue weighted by molar-refractivity contribution is -0.171. The quantitative estimate of drug-likeness (QED) is 0.793. The molecule has 6 nitrogen and oxygen atoms in total. The van der Waals surface area contributed by atoms with E-state index in [4.69, 9.17) is 9.57 Å². The molecular formula is C18H21NO5. The van der Waals surface area contributed by atoms with E-state index < -0.39 is 17.8 Å². The summed E-state index contributed by atoms with van der Waals surface area (Å²) in [5, 5.41) is 0.576. The maximum Gasteiger partial charge on any atom is 0.333 e. The predicted molar refractivity (Wildman–Crippen MR) is 85.0 cm³/mol. The zero-order chi connectivity index (χ0) is 17.3. The van der Waals surface area contributed by atoms with Gasteiger partial charge in [0.15, 0.2) is 0 Å². The van der Waals surface area contributed by atoms with Crippen molar-refractivity contribution in [2.45, 2.75) is 39.2 Å². The van der Waals surface area contributed by atoms with Crippen LogP contribution < -0.4 is 0 Å². The monoisotopic (exact) mass is 331 g/mol. The number of amides is 2. The summed E-state index contributed by atoms with van der Waals surface area (Å²) in [6.07, 6.45) is 1.88. The van der Waals surface area contributed by atoms with E-state index >= 15 is 0 Å². The minimum Gasteiger partial charge on any atom is -0.378 e. The molecule has 2 aliphatic rings. The van der Waals surface area contributed by atoms with Gasteiger partial charge in [-0.2, -0.15) is 0 Å². The minimum absolute atomic E-state index is 0.135. The lowest BCUT2D eigenvalue weighted by Crippen LogP contribution is -2.35. The van der Waals surface area contributed by atoms with Crippen LogP contribution in [0.4, 0.5) is 0 Å². The fraction of sp³-hybridized carbons (Fsp3) is 0.500. The molecule has 2 heterocycles. The second-order valence-electron chi connectivity index (χ2n) is 6.66. The molecule has 1 aromatic rings. The molecule has 0 radical (unpaired) electrons. The van der Waals surface area contributed by atoms with Crippen molar-refractivity contribution in [3.8, 4) is 0 Å². The Morgan fingerprint density at radius 1 is 1.25 bits per heavy atom. The van der Waals surface area contributed by atoms with E-state index in [1.807, 2.05) is 0 Å². The molecule has 0 bridgehead atoms. The molecule has 1 fully saturated rings. The summed E-state index contributed by atoms with van der Waals surface area (Å²) in [6.45, 7) is 4.79. The average Bonchev–Trinajstić information content (AvgIpc) is 2.80. The number of hydrogen-bond acceptors (Lipinski definition) is 5. The fourth-order valence-electron chi connectivity index (χ4n) is 3.18. The Bertz CT molecular complexity index is 634. The van der Waals surface area contributed by atoms with Crippen LogP contribution in [0.5, 0.6) is 0 Å². The summed E-state index contributed by atoms with van der Waals surface area (Å²) >= 11 is 0. The van der Waals surface area contributed by atoms with Crippen LogP contribution in [-0.2, 0) is 14.4 Å². The highest BCUT2D eigenvalue weighted by Gasteiger charge is 2.39.